The number of rotatable bonds is 2. The Hall–Kier alpha value is -1.99. The average molecular weight is 268 g/mol. The van der Waals surface area contributed by atoms with Gasteiger partial charge in [-0.25, -0.2) is 22.0 Å². The topological polar surface area (TPSA) is 43.4 Å². The van der Waals surface area contributed by atoms with Gasteiger partial charge in [0.05, 0.1) is 6.42 Å². The van der Waals surface area contributed by atoms with E-state index in [0.717, 1.165) is 6.92 Å². The zero-order valence-corrected chi connectivity index (χ0v) is 8.82. The van der Waals surface area contributed by atoms with Crippen molar-refractivity contribution in [1.82, 2.24) is 0 Å². The molecule has 0 aliphatic heterocycles. The van der Waals surface area contributed by atoms with Crippen LogP contribution in [-0.2, 0) is 20.7 Å². The fraction of sp³-hybridized carbons (Fsp3) is 0.200. The van der Waals surface area contributed by atoms with Crippen molar-refractivity contribution in [1.29, 1.82) is 0 Å². The number of esters is 2. The molecule has 0 saturated carbocycles. The highest BCUT2D eigenvalue weighted by atomic mass is 19.2. The Labute approximate surface area is 97.2 Å². The molecular formula is C10H5F5O3. The van der Waals surface area contributed by atoms with Gasteiger partial charge in [0.15, 0.2) is 23.3 Å². The molecule has 0 amide bonds. The quantitative estimate of drug-likeness (QED) is 0.271. The zero-order valence-electron chi connectivity index (χ0n) is 8.82. The molecule has 1 aromatic rings. The standard InChI is InChI=1S/C10H5F5O3/c1-3(16)18-5(17)2-4-6(11)8(13)10(15)9(14)7(4)12/h2H2,1H3. The predicted octanol–water partition coefficient (Wildman–Crippen LogP) is 2.01. The van der Waals surface area contributed by atoms with E-state index < -0.39 is 53.0 Å². The van der Waals surface area contributed by atoms with E-state index in [0.29, 0.717) is 0 Å². The van der Waals surface area contributed by atoms with E-state index in [1.54, 1.807) is 0 Å². The van der Waals surface area contributed by atoms with Crippen LogP contribution in [0.4, 0.5) is 22.0 Å². The van der Waals surface area contributed by atoms with Crippen LogP contribution in [0, 0.1) is 29.1 Å². The van der Waals surface area contributed by atoms with Gasteiger partial charge in [0.2, 0.25) is 5.82 Å². The van der Waals surface area contributed by atoms with Gasteiger partial charge in [-0.1, -0.05) is 0 Å². The number of hydrogen-bond donors (Lipinski definition) is 0. The summed E-state index contributed by atoms with van der Waals surface area (Å²) in [7, 11) is 0. The molecule has 0 aliphatic carbocycles. The summed E-state index contributed by atoms with van der Waals surface area (Å²) in [5.74, 6) is -13.4. The van der Waals surface area contributed by atoms with Crippen molar-refractivity contribution in [3.05, 3.63) is 34.6 Å². The molecule has 0 spiro atoms. The predicted molar refractivity (Wildman–Crippen MR) is 46.7 cm³/mol. The number of benzene rings is 1. The van der Waals surface area contributed by atoms with Crippen molar-refractivity contribution >= 4 is 11.9 Å². The van der Waals surface area contributed by atoms with E-state index in [1.165, 1.54) is 0 Å². The number of carbonyl (C=O) groups excluding carboxylic acids is 2. The van der Waals surface area contributed by atoms with Crippen LogP contribution in [0.5, 0.6) is 0 Å². The first kappa shape index (κ1) is 14.1. The Kier molecular flexibility index (Phi) is 4.00. The number of carbonyl (C=O) groups is 2. The normalized spacial score (nSPS) is 10.3. The molecule has 0 heterocycles. The molecule has 0 unspecified atom stereocenters. The number of halogens is 5. The minimum Gasteiger partial charge on any atom is -0.393 e. The first-order valence-electron chi connectivity index (χ1n) is 4.47. The van der Waals surface area contributed by atoms with Crippen molar-refractivity contribution in [3.8, 4) is 0 Å². The Morgan fingerprint density at radius 3 is 1.67 bits per heavy atom. The summed E-state index contributed by atoms with van der Waals surface area (Å²) in [6.45, 7) is 0.844. The van der Waals surface area contributed by atoms with Gasteiger partial charge in [-0.15, -0.1) is 0 Å². The van der Waals surface area contributed by atoms with Crippen LogP contribution in [0.25, 0.3) is 0 Å². The van der Waals surface area contributed by atoms with E-state index in [9.17, 15) is 31.5 Å². The van der Waals surface area contributed by atoms with E-state index >= 15 is 0 Å². The summed E-state index contributed by atoms with van der Waals surface area (Å²) in [6.07, 6.45) is -1.24. The van der Waals surface area contributed by atoms with Gasteiger partial charge in [-0.05, 0) is 0 Å². The molecule has 18 heavy (non-hydrogen) atoms. The Morgan fingerprint density at radius 1 is 0.889 bits per heavy atom. The second-order valence-electron chi connectivity index (χ2n) is 3.19. The van der Waals surface area contributed by atoms with Crippen LogP contribution in [0.3, 0.4) is 0 Å². The molecule has 0 N–H and O–H groups in total. The Morgan fingerprint density at radius 2 is 1.28 bits per heavy atom. The molecule has 0 radical (unpaired) electrons. The summed E-state index contributed by atoms with van der Waals surface area (Å²) in [5.41, 5.74) is -1.35. The number of ether oxygens (including phenoxy) is 1. The monoisotopic (exact) mass is 268 g/mol. The molecule has 0 fully saturated rings. The molecule has 1 aromatic carbocycles. The molecule has 1 rings (SSSR count). The lowest BCUT2D eigenvalue weighted by Gasteiger charge is -2.07. The second kappa shape index (κ2) is 5.11. The van der Waals surface area contributed by atoms with Crippen LogP contribution in [0.1, 0.15) is 12.5 Å². The lowest BCUT2D eigenvalue weighted by atomic mass is 10.1. The largest absolute Gasteiger partial charge is 0.393 e. The van der Waals surface area contributed by atoms with Gasteiger partial charge in [-0.2, -0.15) is 0 Å². The molecule has 0 atom stereocenters. The third-order valence-corrected chi connectivity index (χ3v) is 1.88. The smallest absolute Gasteiger partial charge is 0.318 e. The first-order valence-corrected chi connectivity index (χ1v) is 4.47. The first-order chi connectivity index (χ1) is 8.25. The third-order valence-electron chi connectivity index (χ3n) is 1.88. The molecule has 0 aromatic heterocycles. The SMILES string of the molecule is CC(=O)OC(=O)Cc1c(F)c(F)c(F)c(F)c1F. The molecular weight excluding hydrogens is 263 g/mol. The van der Waals surface area contributed by atoms with Crippen LogP contribution in [-0.4, -0.2) is 11.9 Å². The van der Waals surface area contributed by atoms with Gasteiger partial charge in [0.25, 0.3) is 0 Å². The van der Waals surface area contributed by atoms with Crippen LogP contribution in [0.2, 0.25) is 0 Å². The van der Waals surface area contributed by atoms with Gasteiger partial charge < -0.3 is 4.74 Å². The molecule has 8 heteroatoms. The highest BCUT2D eigenvalue weighted by Gasteiger charge is 2.27. The maximum absolute atomic E-state index is 13.1. The van der Waals surface area contributed by atoms with Gasteiger partial charge >= 0.3 is 11.9 Å². The van der Waals surface area contributed by atoms with Crippen LogP contribution in [0.15, 0.2) is 0 Å². The van der Waals surface area contributed by atoms with Crippen molar-refractivity contribution in [2.45, 2.75) is 13.3 Å². The fourth-order valence-electron chi connectivity index (χ4n) is 1.15. The summed E-state index contributed by atoms with van der Waals surface area (Å²) in [6, 6.07) is 0. The Balaban J connectivity index is 3.18. The number of hydrogen-bond acceptors (Lipinski definition) is 3. The van der Waals surface area contributed by atoms with Gasteiger partial charge in [-0.3, -0.25) is 9.59 Å². The summed E-state index contributed by atoms with van der Waals surface area (Å²) in [5, 5.41) is 0. The van der Waals surface area contributed by atoms with E-state index in [-0.39, 0.29) is 0 Å². The van der Waals surface area contributed by atoms with Crippen molar-refractivity contribution in [2.75, 3.05) is 0 Å². The zero-order chi connectivity index (χ0) is 14.0. The third kappa shape index (κ3) is 2.63. The fourth-order valence-corrected chi connectivity index (χ4v) is 1.15. The van der Waals surface area contributed by atoms with Gasteiger partial charge in [0.1, 0.15) is 0 Å². The molecule has 0 bridgehead atoms. The van der Waals surface area contributed by atoms with Crippen molar-refractivity contribution in [3.63, 3.8) is 0 Å². The highest BCUT2D eigenvalue weighted by molar-refractivity contribution is 5.85. The maximum Gasteiger partial charge on any atom is 0.318 e. The molecule has 0 saturated heterocycles. The van der Waals surface area contributed by atoms with Crippen LogP contribution >= 0.6 is 0 Å². The minimum absolute atomic E-state index is 0.844. The minimum atomic E-state index is -2.33. The molecule has 98 valence electrons. The molecule has 3 nitrogen and oxygen atoms in total. The van der Waals surface area contributed by atoms with Gasteiger partial charge in [0, 0.05) is 12.5 Å². The lowest BCUT2D eigenvalue weighted by molar-refractivity contribution is -0.157. The van der Waals surface area contributed by atoms with Crippen molar-refractivity contribution in [2.24, 2.45) is 0 Å². The summed E-state index contributed by atoms with van der Waals surface area (Å²) < 4.78 is 68.2. The highest BCUT2D eigenvalue weighted by Crippen LogP contribution is 2.23. The van der Waals surface area contributed by atoms with Crippen molar-refractivity contribution < 1.29 is 36.3 Å². The van der Waals surface area contributed by atoms with E-state index in [4.69, 9.17) is 0 Å². The average Bonchev–Trinajstić information content (AvgIpc) is 2.29. The maximum atomic E-state index is 13.1. The summed E-state index contributed by atoms with van der Waals surface area (Å²) >= 11 is 0. The lowest BCUT2D eigenvalue weighted by Crippen LogP contribution is -2.16. The second-order valence-corrected chi connectivity index (χ2v) is 3.19. The van der Waals surface area contributed by atoms with Crippen LogP contribution < -0.4 is 0 Å². The van der Waals surface area contributed by atoms with E-state index in [2.05, 4.69) is 4.74 Å². The molecule has 0 aliphatic rings. The Bertz CT molecular complexity index is 498. The summed E-state index contributed by atoms with van der Waals surface area (Å²) in [4.78, 5) is 21.3. The van der Waals surface area contributed by atoms with E-state index in [1.807, 2.05) is 0 Å².